The number of benzene rings is 2. The molecule has 7 nitrogen and oxygen atoms in total. The molecule has 0 radical (unpaired) electrons. The maximum atomic E-state index is 12.0. The van der Waals surface area contributed by atoms with Gasteiger partial charge in [0, 0.05) is 28.3 Å². The van der Waals surface area contributed by atoms with Gasteiger partial charge in [-0.05, 0) is 48.5 Å². The minimum atomic E-state index is -0.458. The van der Waals surface area contributed by atoms with Gasteiger partial charge in [0.15, 0.2) is 5.58 Å². The van der Waals surface area contributed by atoms with Crippen LogP contribution in [0.2, 0.25) is 0 Å². The van der Waals surface area contributed by atoms with Crippen molar-refractivity contribution in [3.05, 3.63) is 81.7 Å². The van der Waals surface area contributed by atoms with Crippen LogP contribution in [0.1, 0.15) is 4.88 Å². The average Bonchev–Trinajstić information content (AvgIpc) is 3.34. The first kappa shape index (κ1) is 17.6. The Balaban J connectivity index is 1.42. The van der Waals surface area contributed by atoms with E-state index in [2.05, 4.69) is 10.3 Å². The van der Waals surface area contributed by atoms with Gasteiger partial charge in [-0.15, -0.1) is 0 Å². The molecule has 0 unspecified atom stereocenters. The number of fused-ring (bicyclic) bond motifs is 1. The van der Waals surface area contributed by atoms with E-state index >= 15 is 0 Å². The van der Waals surface area contributed by atoms with E-state index < -0.39 is 4.92 Å². The van der Waals surface area contributed by atoms with E-state index in [-0.39, 0.29) is 10.9 Å². The normalized spacial score (nSPS) is 11.1. The number of carbonyl (C=O) groups excluding carboxylic acids is 1. The first-order chi connectivity index (χ1) is 13.6. The Hall–Kier alpha value is -3.78. The second-order valence-corrected chi connectivity index (χ2v) is 6.91. The van der Waals surface area contributed by atoms with E-state index in [1.165, 1.54) is 12.1 Å². The van der Waals surface area contributed by atoms with E-state index in [0.29, 0.717) is 22.0 Å². The van der Waals surface area contributed by atoms with Crippen molar-refractivity contribution >= 4 is 45.1 Å². The molecule has 0 spiro atoms. The molecule has 0 fully saturated rings. The maximum absolute atomic E-state index is 12.0. The Bertz CT molecular complexity index is 1160. The number of para-hydroxylation sites is 2. The lowest BCUT2D eigenvalue weighted by Crippen LogP contribution is -2.07. The van der Waals surface area contributed by atoms with Crippen molar-refractivity contribution < 1.29 is 14.1 Å². The quantitative estimate of drug-likeness (QED) is 0.289. The monoisotopic (exact) mass is 391 g/mol. The molecule has 2 heterocycles. The molecule has 0 bridgehead atoms. The average molecular weight is 391 g/mol. The molecule has 8 heteroatoms. The van der Waals surface area contributed by atoms with Crippen LogP contribution in [0.15, 0.2) is 71.2 Å². The predicted octanol–water partition coefficient (Wildman–Crippen LogP) is 5.12. The van der Waals surface area contributed by atoms with Crippen LogP contribution in [0.5, 0.6) is 0 Å². The highest BCUT2D eigenvalue weighted by Gasteiger charge is 2.09. The van der Waals surface area contributed by atoms with Crippen LogP contribution in [0.3, 0.4) is 0 Å². The largest absolute Gasteiger partial charge is 0.436 e. The van der Waals surface area contributed by atoms with Gasteiger partial charge in [-0.1, -0.05) is 23.5 Å². The van der Waals surface area contributed by atoms with Gasteiger partial charge in [0.1, 0.15) is 5.52 Å². The number of oxazole rings is 1. The number of hydrogen-bond acceptors (Lipinski definition) is 6. The van der Waals surface area contributed by atoms with E-state index in [9.17, 15) is 14.9 Å². The molecule has 4 rings (SSSR count). The number of nitrogens with zero attached hydrogens (tertiary/aromatic N) is 2. The molecule has 1 N–H and O–H groups in total. The molecule has 2 aromatic carbocycles. The number of aromatic nitrogens is 1. The van der Waals surface area contributed by atoms with E-state index in [4.69, 9.17) is 4.42 Å². The molecule has 0 aliphatic carbocycles. The number of hydrogen-bond donors (Lipinski definition) is 1. The van der Waals surface area contributed by atoms with Crippen LogP contribution in [0.25, 0.3) is 28.6 Å². The summed E-state index contributed by atoms with van der Waals surface area (Å²) in [5, 5.41) is 13.5. The summed E-state index contributed by atoms with van der Waals surface area (Å²) < 4.78 is 5.72. The predicted molar refractivity (Wildman–Crippen MR) is 108 cm³/mol. The zero-order valence-electron chi connectivity index (χ0n) is 14.4. The van der Waals surface area contributed by atoms with Gasteiger partial charge < -0.3 is 9.73 Å². The molecule has 1 amide bonds. The van der Waals surface area contributed by atoms with Crippen LogP contribution < -0.4 is 5.32 Å². The Morgan fingerprint density at radius 3 is 2.61 bits per heavy atom. The molecular formula is C20H13N3O4S. The van der Waals surface area contributed by atoms with Gasteiger partial charge in [-0.2, -0.15) is 0 Å². The number of anilines is 1. The molecule has 0 atom stereocenters. The second-order valence-electron chi connectivity index (χ2n) is 5.82. The van der Waals surface area contributed by atoms with Crippen LogP contribution >= 0.6 is 11.3 Å². The minimum absolute atomic E-state index is 0.0369. The fourth-order valence-corrected chi connectivity index (χ4v) is 3.29. The van der Waals surface area contributed by atoms with Crippen LogP contribution in [0, 0.1) is 10.1 Å². The first-order valence-electron chi connectivity index (χ1n) is 8.28. The van der Waals surface area contributed by atoms with Gasteiger partial charge in [-0.3, -0.25) is 14.9 Å². The number of rotatable bonds is 5. The van der Waals surface area contributed by atoms with E-state index in [1.807, 2.05) is 36.4 Å². The van der Waals surface area contributed by atoms with E-state index in [0.717, 1.165) is 22.4 Å². The van der Waals surface area contributed by atoms with Gasteiger partial charge >= 0.3 is 5.00 Å². The highest BCUT2D eigenvalue weighted by atomic mass is 32.1. The third-order valence-corrected chi connectivity index (χ3v) is 4.89. The highest BCUT2D eigenvalue weighted by molar-refractivity contribution is 7.16. The molecule has 28 heavy (non-hydrogen) atoms. The fraction of sp³-hybridized carbons (Fsp3) is 0. The third kappa shape index (κ3) is 3.81. The zero-order chi connectivity index (χ0) is 19.5. The lowest BCUT2D eigenvalue weighted by Gasteiger charge is -2.02. The van der Waals surface area contributed by atoms with Crippen LogP contribution in [-0.2, 0) is 4.79 Å². The zero-order valence-corrected chi connectivity index (χ0v) is 15.2. The SMILES string of the molecule is O=C(C=Cc1ccc([N+](=O)[O-])s1)Nc1ccc(-c2nc3ccccc3o2)cc1. The summed E-state index contributed by atoms with van der Waals surface area (Å²) in [6.07, 6.45) is 2.88. The molecule has 0 aliphatic rings. The van der Waals surface area contributed by atoms with Crippen molar-refractivity contribution in [2.24, 2.45) is 0 Å². The summed E-state index contributed by atoms with van der Waals surface area (Å²) >= 11 is 1.01. The van der Waals surface area contributed by atoms with Crippen LogP contribution in [0.4, 0.5) is 10.7 Å². The molecule has 0 saturated heterocycles. The summed E-state index contributed by atoms with van der Waals surface area (Å²) in [6, 6.07) is 17.7. The Morgan fingerprint density at radius 1 is 1.11 bits per heavy atom. The van der Waals surface area contributed by atoms with Crippen LogP contribution in [-0.4, -0.2) is 15.8 Å². The number of nitrogens with one attached hydrogen (secondary N) is 1. The third-order valence-electron chi connectivity index (χ3n) is 3.88. The number of amides is 1. The molecular weight excluding hydrogens is 378 g/mol. The Morgan fingerprint density at radius 2 is 1.89 bits per heavy atom. The van der Waals surface area contributed by atoms with Gasteiger partial charge in [0.25, 0.3) is 0 Å². The van der Waals surface area contributed by atoms with Gasteiger partial charge in [0.2, 0.25) is 11.8 Å². The number of carbonyl (C=O) groups is 1. The highest BCUT2D eigenvalue weighted by Crippen LogP contribution is 2.26. The summed E-state index contributed by atoms with van der Waals surface area (Å²) in [4.78, 5) is 27.3. The summed E-state index contributed by atoms with van der Waals surface area (Å²) in [6.45, 7) is 0. The van der Waals surface area contributed by atoms with Crippen molar-refractivity contribution in [3.8, 4) is 11.5 Å². The standard InChI is InChI=1S/C20H13N3O4S/c24-18(11-9-15-10-12-19(28-15)23(25)26)21-14-7-5-13(6-8-14)20-22-16-3-1-2-4-17(16)27-20/h1-12H,(H,21,24). The lowest BCUT2D eigenvalue weighted by atomic mass is 10.2. The van der Waals surface area contributed by atoms with Gasteiger partial charge in [0.05, 0.1) is 4.92 Å². The molecule has 138 valence electrons. The Labute approximate surface area is 163 Å². The topological polar surface area (TPSA) is 98.3 Å². The maximum Gasteiger partial charge on any atom is 0.324 e. The summed E-state index contributed by atoms with van der Waals surface area (Å²) in [5.74, 6) is 0.184. The van der Waals surface area contributed by atoms with Crippen molar-refractivity contribution in [2.45, 2.75) is 0 Å². The van der Waals surface area contributed by atoms with Crippen molar-refractivity contribution in [2.75, 3.05) is 5.32 Å². The minimum Gasteiger partial charge on any atom is -0.436 e. The number of thiophene rings is 1. The first-order valence-corrected chi connectivity index (χ1v) is 9.09. The second kappa shape index (κ2) is 7.45. The molecule has 2 aromatic heterocycles. The lowest BCUT2D eigenvalue weighted by molar-refractivity contribution is -0.380. The van der Waals surface area contributed by atoms with Gasteiger partial charge in [-0.25, -0.2) is 4.98 Å². The fourth-order valence-electron chi connectivity index (χ4n) is 2.56. The summed E-state index contributed by atoms with van der Waals surface area (Å²) in [5.41, 5.74) is 2.92. The van der Waals surface area contributed by atoms with Crippen molar-refractivity contribution in [3.63, 3.8) is 0 Å². The Kier molecular flexibility index (Phi) is 4.69. The van der Waals surface area contributed by atoms with Crippen molar-refractivity contribution in [1.29, 1.82) is 0 Å². The van der Waals surface area contributed by atoms with E-state index in [1.54, 1.807) is 24.3 Å². The number of nitro groups is 1. The summed E-state index contributed by atoms with van der Waals surface area (Å²) in [7, 11) is 0. The smallest absolute Gasteiger partial charge is 0.324 e. The van der Waals surface area contributed by atoms with Crippen molar-refractivity contribution in [1.82, 2.24) is 4.98 Å². The molecule has 0 saturated carbocycles. The molecule has 0 aliphatic heterocycles. The molecule has 4 aromatic rings.